The number of hydrazone groups is 1. The lowest BCUT2D eigenvalue weighted by atomic mass is 10.2. The maximum Gasteiger partial charge on any atom is 0.262 e. The average molecular weight is 525 g/mol. The molecule has 0 aliphatic carbocycles. The quantitative estimate of drug-likeness (QED) is 0.293. The van der Waals surface area contributed by atoms with Crippen molar-refractivity contribution in [1.29, 1.82) is 0 Å². The Morgan fingerprint density at radius 3 is 2.27 bits per heavy atom. The summed E-state index contributed by atoms with van der Waals surface area (Å²) in [4.78, 5) is 24.4. The molecule has 3 aromatic rings. The molecule has 0 bridgehead atoms. The predicted octanol–water partition coefficient (Wildman–Crippen LogP) is 2.94. The Kier molecular flexibility index (Phi) is 9.22. The molecule has 0 saturated heterocycles. The molecule has 2 N–H and O–H groups in total. The number of sulfonamides is 1. The molecule has 194 valence electrons. The fraction of sp³-hybridized carbons (Fsp3) is 0.192. The van der Waals surface area contributed by atoms with E-state index in [1.165, 1.54) is 6.21 Å². The van der Waals surface area contributed by atoms with Crippen molar-refractivity contribution in [3.63, 3.8) is 0 Å². The molecular formula is C26H28N4O6S. The highest BCUT2D eigenvalue weighted by Crippen LogP contribution is 2.19. The van der Waals surface area contributed by atoms with Gasteiger partial charge in [-0.3, -0.25) is 13.9 Å². The molecule has 11 heteroatoms. The van der Waals surface area contributed by atoms with Gasteiger partial charge in [0.05, 0.1) is 25.3 Å². The molecule has 3 aromatic carbocycles. The summed E-state index contributed by atoms with van der Waals surface area (Å²) < 4.78 is 36.0. The number of hydrogen-bond acceptors (Lipinski definition) is 7. The van der Waals surface area contributed by atoms with Gasteiger partial charge in [0.15, 0.2) is 6.61 Å². The number of aryl methyl sites for hydroxylation is 1. The lowest BCUT2D eigenvalue weighted by Crippen LogP contribution is -2.39. The fourth-order valence-electron chi connectivity index (χ4n) is 3.20. The van der Waals surface area contributed by atoms with Crippen molar-refractivity contribution in [2.45, 2.75) is 6.92 Å². The Labute approximate surface area is 216 Å². The van der Waals surface area contributed by atoms with Crippen LogP contribution in [-0.2, 0) is 19.6 Å². The van der Waals surface area contributed by atoms with Gasteiger partial charge < -0.3 is 14.8 Å². The number of nitrogens with zero attached hydrogens (tertiary/aromatic N) is 2. The van der Waals surface area contributed by atoms with Crippen LogP contribution in [0, 0.1) is 6.92 Å². The highest BCUT2D eigenvalue weighted by atomic mass is 32.2. The van der Waals surface area contributed by atoms with E-state index in [1.54, 1.807) is 73.8 Å². The topological polar surface area (TPSA) is 126 Å². The lowest BCUT2D eigenvalue weighted by molar-refractivity contribution is -0.119. The summed E-state index contributed by atoms with van der Waals surface area (Å²) in [7, 11) is -2.10. The Morgan fingerprint density at radius 1 is 0.973 bits per heavy atom. The summed E-state index contributed by atoms with van der Waals surface area (Å²) in [6, 6.07) is 20.5. The second-order valence-corrected chi connectivity index (χ2v) is 9.94. The van der Waals surface area contributed by atoms with Crippen molar-refractivity contribution < 1.29 is 27.5 Å². The molecule has 0 aliphatic rings. The average Bonchev–Trinajstić information content (AvgIpc) is 2.86. The summed E-state index contributed by atoms with van der Waals surface area (Å²) in [5.74, 6) is 0.266. The third kappa shape index (κ3) is 8.65. The van der Waals surface area contributed by atoms with E-state index in [2.05, 4.69) is 15.8 Å². The van der Waals surface area contributed by atoms with Crippen LogP contribution in [0.15, 0.2) is 77.9 Å². The van der Waals surface area contributed by atoms with Crippen LogP contribution in [-0.4, -0.2) is 53.0 Å². The van der Waals surface area contributed by atoms with Crippen LogP contribution in [0.5, 0.6) is 11.5 Å². The van der Waals surface area contributed by atoms with E-state index in [9.17, 15) is 18.0 Å². The number of nitrogens with one attached hydrogen (secondary N) is 2. The highest BCUT2D eigenvalue weighted by molar-refractivity contribution is 7.92. The van der Waals surface area contributed by atoms with Gasteiger partial charge in [-0.25, -0.2) is 13.8 Å². The predicted molar refractivity (Wildman–Crippen MR) is 143 cm³/mol. The van der Waals surface area contributed by atoms with Gasteiger partial charge in [-0.05, 0) is 78.7 Å². The minimum atomic E-state index is -3.67. The van der Waals surface area contributed by atoms with Gasteiger partial charge in [0.2, 0.25) is 10.0 Å². The Bertz CT molecular complexity index is 1360. The van der Waals surface area contributed by atoms with E-state index in [1.807, 2.05) is 13.0 Å². The van der Waals surface area contributed by atoms with Gasteiger partial charge in [0.1, 0.15) is 18.0 Å². The van der Waals surface area contributed by atoms with Crippen molar-refractivity contribution in [2.24, 2.45) is 5.10 Å². The molecule has 0 unspecified atom stereocenters. The third-order valence-electron chi connectivity index (χ3n) is 5.00. The second kappa shape index (κ2) is 12.5. The molecule has 0 saturated carbocycles. The van der Waals surface area contributed by atoms with E-state index < -0.39 is 22.5 Å². The van der Waals surface area contributed by atoms with E-state index >= 15 is 0 Å². The number of rotatable bonds is 11. The smallest absolute Gasteiger partial charge is 0.262 e. The first-order valence-corrected chi connectivity index (χ1v) is 13.0. The van der Waals surface area contributed by atoms with Gasteiger partial charge >= 0.3 is 0 Å². The van der Waals surface area contributed by atoms with Crippen LogP contribution < -0.4 is 24.5 Å². The molecule has 0 heterocycles. The Morgan fingerprint density at radius 2 is 1.65 bits per heavy atom. The second-order valence-electron chi connectivity index (χ2n) is 8.04. The number of methoxy groups -OCH3 is 1. The number of ether oxygens (including phenoxy) is 2. The summed E-state index contributed by atoms with van der Waals surface area (Å²) >= 11 is 0. The van der Waals surface area contributed by atoms with E-state index in [-0.39, 0.29) is 12.5 Å². The van der Waals surface area contributed by atoms with E-state index in [0.717, 1.165) is 16.1 Å². The molecule has 2 amide bonds. The maximum absolute atomic E-state index is 12.3. The molecule has 10 nitrogen and oxygen atoms in total. The van der Waals surface area contributed by atoms with Gasteiger partial charge in [-0.2, -0.15) is 5.10 Å². The minimum absolute atomic E-state index is 0.173. The molecule has 0 aromatic heterocycles. The number of hydrogen-bond donors (Lipinski definition) is 2. The van der Waals surface area contributed by atoms with Crippen molar-refractivity contribution >= 4 is 39.4 Å². The van der Waals surface area contributed by atoms with Crippen LogP contribution in [0.2, 0.25) is 0 Å². The SMILES string of the molecule is COc1ccc(NC(=O)COc2ccc(/C=N\NC(=O)CN(c3cccc(C)c3)S(C)(=O)=O)cc2)cc1. The zero-order valence-corrected chi connectivity index (χ0v) is 21.5. The molecule has 3 rings (SSSR count). The first kappa shape index (κ1) is 27.2. The molecule has 0 aliphatic heterocycles. The van der Waals surface area contributed by atoms with E-state index in [4.69, 9.17) is 9.47 Å². The molecule has 0 spiro atoms. The largest absolute Gasteiger partial charge is 0.497 e. The zero-order valence-electron chi connectivity index (χ0n) is 20.7. The highest BCUT2D eigenvalue weighted by Gasteiger charge is 2.20. The fourth-order valence-corrected chi connectivity index (χ4v) is 4.05. The first-order chi connectivity index (χ1) is 17.6. The number of carbonyl (C=O) groups excluding carboxylic acids is 2. The van der Waals surface area contributed by atoms with E-state index in [0.29, 0.717) is 28.4 Å². The van der Waals surface area contributed by atoms with Crippen LogP contribution in [0.25, 0.3) is 0 Å². The van der Waals surface area contributed by atoms with Gasteiger partial charge in [0, 0.05) is 5.69 Å². The Hall–Kier alpha value is -4.38. The Balaban J connectivity index is 1.48. The number of amides is 2. The molecular weight excluding hydrogens is 496 g/mol. The molecule has 0 atom stereocenters. The third-order valence-corrected chi connectivity index (χ3v) is 6.14. The molecule has 37 heavy (non-hydrogen) atoms. The van der Waals surface area contributed by atoms with Crippen molar-refractivity contribution in [2.75, 3.05) is 36.1 Å². The first-order valence-electron chi connectivity index (χ1n) is 11.2. The summed E-state index contributed by atoms with van der Waals surface area (Å²) in [6.07, 6.45) is 2.45. The number of benzene rings is 3. The minimum Gasteiger partial charge on any atom is -0.497 e. The summed E-state index contributed by atoms with van der Waals surface area (Å²) in [6.45, 7) is 1.25. The number of anilines is 2. The maximum atomic E-state index is 12.3. The molecule has 0 radical (unpaired) electrons. The van der Waals surface area contributed by atoms with Crippen LogP contribution in [0.3, 0.4) is 0 Å². The van der Waals surface area contributed by atoms with Crippen LogP contribution >= 0.6 is 0 Å². The summed E-state index contributed by atoms with van der Waals surface area (Å²) in [5, 5.41) is 6.62. The summed E-state index contributed by atoms with van der Waals surface area (Å²) in [5.41, 5.74) is 4.89. The van der Waals surface area contributed by atoms with Crippen LogP contribution in [0.1, 0.15) is 11.1 Å². The van der Waals surface area contributed by atoms with Gasteiger partial charge in [0.25, 0.3) is 11.8 Å². The van der Waals surface area contributed by atoms with Crippen LogP contribution in [0.4, 0.5) is 11.4 Å². The monoisotopic (exact) mass is 524 g/mol. The van der Waals surface area contributed by atoms with Crippen molar-refractivity contribution in [1.82, 2.24) is 5.43 Å². The van der Waals surface area contributed by atoms with Gasteiger partial charge in [-0.15, -0.1) is 0 Å². The standard InChI is InChI=1S/C26H28N4O6S/c1-19-5-4-6-22(15-19)30(37(3,33)34)17-25(31)29-27-16-20-7-11-24(12-8-20)36-18-26(32)28-21-9-13-23(35-2)14-10-21/h4-16H,17-18H2,1-3H3,(H,28,32)(H,29,31)/b27-16-. The number of carbonyl (C=O) groups is 2. The van der Waals surface area contributed by atoms with Crippen molar-refractivity contribution in [3.8, 4) is 11.5 Å². The van der Waals surface area contributed by atoms with Crippen molar-refractivity contribution in [3.05, 3.63) is 83.9 Å². The lowest BCUT2D eigenvalue weighted by Gasteiger charge is -2.21. The van der Waals surface area contributed by atoms with Gasteiger partial charge in [-0.1, -0.05) is 12.1 Å². The molecule has 0 fully saturated rings. The normalized spacial score (nSPS) is 11.1. The zero-order chi connectivity index (χ0) is 26.8.